The molecule has 0 spiro atoms. The summed E-state index contributed by atoms with van der Waals surface area (Å²) in [5.41, 5.74) is 10.6. The summed E-state index contributed by atoms with van der Waals surface area (Å²) in [6.07, 6.45) is 7.45. The molecule has 4 fully saturated rings. The van der Waals surface area contributed by atoms with Crippen molar-refractivity contribution in [2.24, 2.45) is 58.8 Å². The van der Waals surface area contributed by atoms with Gasteiger partial charge in [0.2, 0.25) is 100 Å². The number of amides is 17. The third kappa shape index (κ3) is 24.3. The quantitative estimate of drug-likeness (QED) is 0.0157. The number of likely N-dealkylation sites (N-methyl/N-ethyl adjacent to an activating group) is 1. The molecule has 8 atom stereocenters. The first-order chi connectivity index (χ1) is 47.5. The van der Waals surface area contributed by atoms with Gasteiger partial charge in [-0.05, 0) is 74.4 Å². The maximum Gasteiger partial charge on any atom is 0.323 e. The number of hydrogen-bond donors (Lipinski definition) is 9. The number of imide groups is 2. The first-order valence-electron chi connectivity index (χ1n) is 32.2. The molecule has 2 saturated carbocycles. The molecular weight excluding hydrogens is 1300 g/mol. The number of carbonyl (C=O) groups is 18. The van der Waals surface area contributed by atoms with Crippen LogP contribution in [0.5, 0.6) is 0 Å². The van der Waals surface area contributed by atoms with Crippen LogP contribution in [0.1, 0.15) is 12.8 Å². The molecule has 41 heteroatoms. The van der Waals surface area contributed by atoms with Gasteiger partial charge in [0, 0.05) is 85.6 Å². The summed E-state index contributed by atoms with van der Waals surface area (Å²) in [5, 5.41) is 23.8. The van der Waals surface area contributed by atoms with E-state index in [2.05, 4.69) is 31.9 Å². The van der Waals surface area contributed by atoms with Gasteiger partial charge in [0.25, 0.3) is 0 Å². The van der Waals surface area contributed by atoms with Crippen molar-refractivity contribution in [1.29, 1.82) is 0 Å². The normalized spacial score (nSPS) is 19.7. The van der Waals surface area contributed by atoms with Gasteiger partial charge in [-0.15, -0.1) is 0 Å². The number of allylic oxidation sites excluding steroid dienone is 4. The Kier molecular flexibility index (Phi) is 34.3. The van der Waals surface area contributed by atoms with E-state index in [4.69, 9.17) is 63.7 Å². The number of carboxylic acid groups (broad SMARTS) is 1. The molecule has 17 amide bonds. The lowest BCUT2D eigenvalue weighted by Crippen LogP contribution is -2.48. The Hall–Kier alpha value is -9.31. The Labute approximate surface area is 585 Å². The maximum absolute atomic E-state index is 12.8. The molecule has 0 aromatic rings. The van der Waals surface area contributed by atoms with E-state index in [1.165, 1.54) is 16.8 Å². The summed E-state index contributed by atoms with van der Waals surface area (Å²) in [7, 11) is 33.7. The van der Waals surface area contributed by atoms with Gasteiger partial charge < -0.3 is 77.9 Å². The number of carboxylic acids is 1. The molecule has 530 valence electrons. The van der Waals surface area contributed by atoms with Crippen molar-refractivity contribution in [2.45, 2.75) is 50.8 Å². The largest absolute Gasteiger partial charge is 0.480 e. The number of hydrogen-bond acceptors (Lipinski definition) is 19. The van der Waals surface area contributed by atoms with Gasteiger partial charge in [-0.2, -0.15) is 0 Å². The van der Waals surface area contributed by atoms with Crippen molar-refractivity contribution < 1.29 is 91.4 Å². The highest BCUT2D eigenvalue weighted by Gasteiger charge is 2.60. The lowest BCUT2D eigenvalue weighted by Gasteiger charge is -2.25. The van der Waals surface area contributed by atoms with Crippen molar-refractivity contribution in [3.05, 3.63) is 24.3 Å². The van der Waals surface area contributed by atoms with Gasteiger partial charge >= 0.3 is 5.97 Å². The lowest BCUT2D eigenvalue weighted by atomic mass is 9.85. The highest BCUT2D eigenvalue weighted by atomic mass is 16.4. The predicted molar refractivity (Wildman–Crippen MR) is 357 cm³/mol. The highest BCUT2D eigenvalue weighted by molar-refractivity contribution is 6.22. The van der Waals surface area contributed by atoms with Crippen molar-refractivity contribution in [1.82, 2.24) is 71.1 Å². The van der Waals surface area contributed by atoms with Crippen LogP contribution in [0.4, 0.5) is 0 Å². The number of primary amides is 1. The number of nitrogens with one attached hydrogen (secondary N) is 6. The van der Waals surface area contributed by atoms with E-state index in [1.54, 1.807) is 0 Å². The van der Waals surface area contributed by atoms with Crippen LogP contribution in [0.3, 0.4) is 0 Å². The van der Waals surface area contributed by atoms with Crippen LogP contribution in [0.25, 0.3) is 0 Å². The van der Waals surface area contributed by atoms with Gasteiger partial charge in [-0.1, -0.05) is 24.3 Å². The summed E-state index contributed by atoms with van der Waals surface area (Å²) < 4.78 is 0. The summed E-state index contributed by atoms with van der Waals surface area (Å²) in [5.74, 6) is -10.6. The molecule has 0 aromatic carbocycles. The van der Waals surface area contributed by atoms with Gasteiger partial charge in [-0.3, -0.25) is 96.1 Å². The zero-order valence-electron chi connectivity index (χ0n) is 55.7. The number of carbonyl (C=O) groups excluding carboxylic acids is 17. The average Bonchev–Trinajstić information content (AvgIpc) is 1.58. The molecular formula is C59H82B6N16O19. The molecule has 6 aliphatic rings. The molecule has 11 N–H and O–H groups in total. The molecule has 100 heavy (non-hydrogen) atoms. The molecule has 2 saturated heterocycles. The van der Waals surface area contributed by atoms with Crippen molar-refractivity contribution in [3.63, 3.8) is 0 Å². The third-order valence-electron chi connectivity index (χ3n) is 17.1. The van der Waals surface area contributed by atoms with Gasteiger partial charge in [0.15, 0.2) is 0 Å². The van der Waals surface area contributed by atoms with Crippen molar-refractivity contribution >= 4 is 153 Å². The topological polar surface area (TPSA) is 478 Å². The van der Waals surface area contributed by atoms with Crippen LogP contribution in [-0.4, -0.2) is 336 Å². The van der Waals surface area contributed by atoms with E-state index in [0.29, 0.717) is 0 Å². The third-order valence-corrected chi connectivity index (χ3v) is 17.1. The number of fused-ring (bicyclic) bond motifs is 10. The summed E-state index contributed by atoms with van der Waals surface area (Å²) >= 11 is 0. The van der Waals surface area contributed by atoms with Crippen LogP contribution < -0.4 is 43.4 Å². The van der Waals surface area contributed by atoms with Crippen LogP contribution in [-0.2, 0) is 86.3 Å². The van der Waals surface area contributed by atoms with E-state index in [0.717, 1.165) is 42.2 Å². The lowest BCUT2D eigenvalue weighted by molar-refractivity contribution is -0.149. The maximum atomic E-state index is 12.8. The molecule has 8 unspecified atom stereocenters. The minimum absolute atomic E-state index is 0.00856. The second-order valence-electron chi connectivity index (χ2n) is 23.7. The molecule has 35 nitrogen and oxygen atoms in total. The number of nitrogens with zero attached hydrogens (tertiary/aromatic N) is 8. The molecule has 2 heterocycles. The first kappa shape index (κ1) is 83.1. The fourth-order valence-electron chi connectivity index (χ4n) is 12.3. The predicted octanol–water partition coefficient (Wildman–Crippen LogP) is -10.1. The summed E-state index contributed by atoms with van der Waals surface area (Å²) in [6, 6.07) is 0. The number of rotatable bonds is 39. The van der Waals surface area contributed by atoms with E-state index < -0.39 is 133 Å². The second kappa shape index (κ2) is 41.3. The Morgan fingerprint density at radius 1 is 0.400 bits per heavy atom. The fraction of sp³-hybridized carbons (Fsp3) is 0.627. The molecule has 12 radical (unpaired) electrons. The zero-order valence-corrected chi connectivity index (χ0v) is 55.7. The minimum Gasteiger partial charge on any atom is -0.480 e. The smallest absolute Gasteiger partial charge is 0.323 e. The van der Waals surface area contributed by atoms with E-state index in [9.17, 15) is 86.3 Å². The molecule has 6 rings (SSSR count). The molecule has 4 aliphatic carbocycles. The Balaban J connectivity index is 0.000000358. The SMILES string of the molecule is O=C(O)CN1C(=O)C2C3C=CC(C3)C2C1=O.[B]CC(=O)N(CCNC(=O)CN(CCNC(=O)CN(CCN)C(=O)C[B])C(=O)C[B])CC(=O)NC.[B]CC(=O)N(CCNC(=O)CN(CCNC(=O)CN(CCNC(=O)CN1C(=O)C2C3C=CC(C3)C2C1=O)C(=O)C[B])C(=O)C[B])CC(N)=O. The minimum atomic E-state index is -1.14. The van der Waals surface area contributed by atoms with E-state index in [1.807, 2.05) is 24.3 Å². The molecule has 4 bridgehead atoms. The number of nitrogens with two attached hydrogens (primary N) is 2. The molecule has 0 aromatic heterocycles. The molecule has 2 aliphatic heterocycles. The Morgan fingerprint density at radius 3 is 0.880 bits per heavy atom. The fourth-order valence-corrected chi connectivity index (χ4v) is 12.3. The van der Waals surface area contributed by atoms with E-state index in [-0.39, 0.29) is 189 Å². The van der Waals surface area contributed by atoms with Gasteiger partial charge in [0.1, 0.15) is 13.1 Å². The van der Waals surface area contributed by atoms with E-state index >= 15 is 0 Å². The monoisotopic (exact) mass is 1380 g/mol. The Bertz CT molecular complexity index is 3070. The number of aliphatic carboxylic acids is 1. The zero-order chi connectivity index (χ0) is 74.5. The first-order valence-corrected chi connectivity index (χ1v) is 32.2. The van der Waals surface area contributed by atoms with Crippen molar-refractivity contribution in [2.75, 3.05) is 138 Å². The average molecular weight is 1380 g/mol. The van der Waals surface area contributed by atoms with Gasteiger partial charge in [-0.25, -0.2) is 0 Å². The summed E-state index contributed by atoms with van der Waals surface area (Å²) in [6.45, 7) is -3.05. The van der Waals surface area contributed by atoms with Gasteiger partial charge in [0.05, 0.1) is 110 Å². The van der Waals surface area contributed by atoms with Crippen LogP contribution in [0.15, 0.2) is 24.3 Å². The standard InChI is InChI=1S/C29H39B3N8O9.C19H32B3N7O6.C11H11NO4/c30-10-23(45)37(13-19(33)41)6-3-34-20(42)14-38(24(46)11-31)7-4-35-21(43)15-39(25(47)12-32)8-5-36-22(44)16-40-28(48)26-17-1-2-18(9-17)27(26)29(40)49;1-24-14(30)11-28(18(34)9-21)6-3-26-16(32)13-29(19(35)10-22)7-4-25-15(31)12-27(5-2-23)17(33)8-20;13-7(14)4-12-10(15)8-5-1-2-6(3-5)9(8)11(12)16/h1-2,17-18,26-27H,3-16H2,(H2,33,41)(H,34,42)(H,35,43)(H,36,44);2-13,23H2,1H3,(H,24,30)(H,25,31)(H,26,32);1-2,5-6,8-9H,3-4H2,(H,13,14). The van der Waals surface area contributed by atoms with Crippen LogP contribution in [0, 0.1) is 47.3 Å². The number of likely N-dealkylation sites (tertiary alicyclic amines) is 2. The van der Waals surface area contributed by atoms with Crippen LogP contribution in [0.2, 0.25) is 37.9 Å². The summed E-state index contributed by atoms with van der Waals surface area (Å²) in [4.78, 5) is 226. The van der Waals surface area contributed by atoms with Crippen LogP contribution >= 0.6 is 0 Å². The Morgan fingerprint density at radius 2 is 0.640 bits per heavy atom. The highest BCUT2D eigenvalue weighted by Crippen LogP contribution is 2.53. The van der Waals surface area contributed by atoms with Crippen molar-refractivity contribution in [3.8, 4) is 0 Å². The second-order valence-corrected chi connectivity index (χ2v) is 23.7.